The quantitative estimate of drug-likeness (QED) is 0.512. The normalized spacial score (nSPS) is 15.6. The Morgan fingerprint density at radius 3 is 2.47 bits per heavy atom. The van der Waals surface area contributed by atoms with E-state index in [1.165, 1.54) is 0 Å². The highest BCUT2D eigenvalue weighted by molar-refractivity contribution is 5.96. The van der Waals surface area contributed by atoms with Crippen LogP contribution in [-0.4, -0.2) is 49.6 Å². The summed E-state index contributed by atoms with van der Waals surface area (Å²) in [6, 6.07) is 11.7. The lowest BCUT2D eigenvalue weighted by atomic mass is 10.0. The Hall–Kier alpha value is -3.52. The van der Waals surface area contributed by atoms with Gasteiger partial charge >= 0.3 is 0 Å². The fraction of sp³-hybridized carbons (Fsp3) is 0.429. The minimum Gasteiger partial charge on any atom is -0.493 e. The fourth-order valence-electron chi connectivity index (χ4n) is 4.78. The number of hydrogen-bond acceptors (Lipinski definition) is 6. The molecule has 0 aliphatic carbocycles. The van der Waals surface area contributed by atoms with Crippen LogP contribution < -0.4 is 5.56 Å². The Morgan fingerprint density at radius 1 is 1.14 bits per heavy atom. The van der Waals surface area contributed by atoms with Gasteiger partial charge in [0, 0.05) is 30.9 Å². The van der Waals surface area contributed by atoms with Crippen LogP contribution in [0.1, 0.15) is 73.0 Å². The van der Waals surface area contributed by atoms with Crippen molar-refractivity contribution in [1.82, 2.24) is 19.4 Å². The maximum atomic E-state index is 13.6. The lowest BCUT2D eigenvalue weighted by Gasteiger charge is -2.23. The SMILES string of the molecule is CCc1cccc(CC)c1-n1c(COC(C)C)nc(=O)c(C(=O)N2CCC(c3ccccn3)C2)c1O. The van der Waals surface area contributed by atoms with Gasteiger partial charge in [-0.05, 0) is 56.4 Å². The number of carbonyl (C=O) groups excluding carboxylic acids is 1. The molecule has 1 aliphatic rings. The maximum absolute atomic E-state index is 13.6. The molecule has 0 bridgehead atoms. The van der Waals surface area contributed by atoms with Crippen molar-refractivity contribution >= 4 is 5.91 Å². The van der Waals surface area contributed by atoms with Gasteiger partial charge in [0.25, 0.3) is 11.5 Å². The standard InChI is InChI=1S/C28H34N4O4/c1-5-19-10-9-11-20(6-2)25(19)32-23(17-36-18(3)4)30-26(33)24(28(32)35)27(34)31-15-13-21(16-31)22-12-7-8-14-29-22/h7-12,14,18,21,35H,5-6,13,15-17H2,1-4H3. The molecule has 1 saturated heterocycles. The smallest absolute Gasteiger partial charge is 0.289 e. The van der Waals surface area contributed by atoms with E-state index in [9.17, 15) is 14.7 Å². The predicted molar refractivity (Wildman–Crippen MR) is 138 cm³/mol. The average Bonchev–Trinajstić information content (AvgIpc) is 3.38. The summed E-state index contributed by atoms with van der Waals surface area (Å²) in [5.41, 5.74) is 2.57. The zero-order chi connectivity index (χ0) is 25.8. The third kappa shape index (κ3) is 5.04. The number of hydrogen-bond donors (Lipinski definition) is 1. The molecule has 8 heteroatoms. The molecule has 4 rings (SSSR count). The van der Waals surface area contributed by atoms with Gasteiger partial charge in [-0.1, -0.05) is 38.1 Å². The van der Waals surface area contributed by atoms with Gasteiger partial charge in [-0.2, -0.15) is 4.98 Å². The van der Waals surface area contributed by atoms with Crippen molar-refractivity contribution in [3.8, 4) is 11.6 Å². The first-order valence-electron chi connectivity index (χ1n) is 12.6. The monoisotopic (exact) mass is 490 g/mol. The van der Waals surface area contributed by atoms with Gasteiger partial charge in [0.2, 0.25) is 5.88 Å². The maximum Gasteiger partial charge on any atom is 0.289 e. The van der Waals surface area contributed by atoms with Crippen LogP contribution in [0.3, 0.4) is 0 Å². The van der Waals surface area contributed by atoms with Crippen molar-refractivity contribution in [1.29, 1.82) is 0 Å². The molecular weight excluding hydrogens is 456 g/mol. The highest BCUT2D eigenvalue weighted by Crippen LogP contribution is 2.31. The van der Waals surface area contributed by atoms with E-state index in [1.807, 2.05) is 64.1 Å². The lowest BCUT2D eigenvalue weighted by molar-refractivity contribution is 0.0591. The molecule has 0 saturated carbocycles. The number of rotatable bonds is 8. The molecular formula is C28H34N4O4. The van der Waals surface area contributed by atoms with Crippen LogP contribution in [0.25, 0.3) is 5.69 Å². The van der Waals surface area contributed by atoms with Crippen molar-refractivity contribution in [3.05, 3.63) is 81.2 Å². The van der Waals surface area contributed by atoms with Gasteiger partial charge in [-0.3, -0.25) is 19.1 Å². The first-order chi connectivity index (χ1) is 17.3. The van der Waals surface area contributed by atoms with E-state index in [0.29, 0.717) is 25.9 Å². The summed E-state index contributed by atoms with van der Waals surface area (Å²) in [7, 11) is 0. The summed E-state index contributed by atoms with van der Waals surface area (Å²) in [6.07, 6.45) is 3.80. The first kappa shape index (κ1) is 25.6. The molecule has 1 aliphatic heterocycles. The molecule has 1 aromatic carbocycles. The van der Waals surface area contributed by atoms with Crippen LogP contribution in [0.15, 0.2) is 47.4 Å². The van der Waals surface area contributed by atoms with Gasteiger partial charge in [-0.25, -0.2) is 0 Å². The molecule has 1 fully saturated rings. The average molecular weight is 491 g/mol. The largest absolute Gasteiger partial charge is 0.493 e. The van der Waals surface area contributed by atoms with E-state index in [-0.39, 0.29) is 35.9 Å². The summed E-state index contributed by atoms with van der Waals surface area (Å²) < 4.78 is 7.32. The Balaban J connectivity index is 1.81. The summed E-state index contributed by atoms with van der Waals surface area (Å²) in [5.74, 6) is -0.551. The van der Waals surface area contributed by atoms with Gasteiger partial charge in [0.15, 0.2) is 5.56 Å². The van der Waals surface area contributed by atoms with Gasteiger partial charge in [0.1, 0.15) is 12.4 Å². The number of carbonyl (C=O) groups is 1. The number of amides is 1. The summed E-state index contributed by atoms with van der Waals surface area (Å²) in [4.78, 5) is 37.0. The van der Waals surface area contributed by atoms with Crippen LogP contribution in [0.5, 0.6) is 5.88 Å². The Bertz CT molecular complexity index is 1260. The van der Waals surface area contributed by atoms with Crippen molar-refractivity contribution in [2.45, 2.75) is 65.6 Å². The number of aryl methyl sites for hydroxylation is 2. The van der Waals surface area contributed by atoms with Crippen LogP contribution in [0.4, 0.5) is 0 Å². The molecule has 190 valence electrons. The van der Waals surface area contributed by atoms with Crippen molar-refractivity contribution in [3.63, 3.8) is 0 Å². The molecule has 1 atom stereocenters. The minimum atomic E-state index is -0.746. The number of benzene rings is 1. The third-order valence-corrected chi connectivity index (χ3v) is 6.67. The second-order valence-electron chi connectivity index (χ2n) is 9.35. The summed E-state index contributed by atoms with van der Waals surface area (Å²) in [6.45, 7) is 8.78. The first-order valence-corrected chi connectivity index (χ1v) is 12.6. The second-order valence-corrected chi connectivity index (χ2v) is 9.35. The van der Waals surface area contributed by atoms with E-state index in [0.717, 1.165) is 28.9 Å². The molecule has 2 aromatic heterocycles. The van der Waals surface area contributed by atoms with Crippen LogP contribution in [0.2, 0.25) is 0 Å². The molecule has 8 nitrogen and oxygen atoms in total. The number of ether oxygens (including phenoxy) is 1. The number of para-hydroxylation sites is 1. The molecule has 0 radical (unpaired) electrons. The van der Waals surface area contributed by atoms with E-state index in [1.54, 1.807) is 15.7 Å². The highest BCUT2D eigenvalue weighted by Gasteiger charge is 2.33. The number of pyridine rings is 1. The molecule has 0 spiro atoms. The molecule has 1 unspecified atom stereocenters. The Labute approximate surface area is 211 Å². The Morgan fingerprint density at radius 2 is 1.86 bits per heavy atom. The van der Waals surface area contributed by atoms with Crippen LogP contribution >= 0.6 is 0 Å². The van der Waals surface area contributed by atoms with Gasteiger partial charge in [-0.15, -0.1) is 0 Å². The number of likely N-dealkylation sites (tertiary alicyclic amines) is 1. The summed E-state index contributed by atoms with van der Waals surface area (Å²) >= 11 is 0. The van der Waals surface area contributed by atoms with E-state index in [4.69, 9.17) is 4.74 Å². The van der Waals surface area contributed by atoms with Crippen LogP contribution in [0, 0.1) is 0 Å². The van der Waals surface area contributed by atoms with E-state index < -0.39 is 11.5 Å². The molecule has 3 aromatic rings. The van der Waals surface area contributed by atoms with Gasteiger partial charge in [0.05, 0.1) is 11.8 Å². The predicted octanol–water partition coefficient (Wildman–Crippen LogP) is 4.01. The van der Waals surface area contributed by atoms with Crippen LogP contribution in [-0.2, 0) is 24.2 Å². The Kier molecular flexibility index (Phi) is 7.84. The van der Waals surface area contributed by atoms with Crippen molar-refractivity contribution in [2.24, 2.45) is 0 Å². The second kappa shape index (κ2) is 11.0. The fourth-order valence-corrected chi connectivity index (χ4v) is 4.78. The number of aromatic hydroxyl groups is 1. The number of nitrogens with zero attached hydrogens (tertiary/aromatic N) is 4. The number of aromatic nitrogens is 3. The topological polar surface area (TPSA) is 97.6 Å². The van der Waals surface area contributed by atoms with Crippen molar-refractivity contribution < 1.29 is 14.6 Å². The lowest BCUT2D eigenvalue weighted by Crippen LogP contribution is -2.35. The molecule has 3 heterocycles. The molecule has 36 heavy (non-hydrogen) atoms. The van der Waals surface area contributed by atoms with E-state index >= 15 is 0 Å². The van der Waals surface area contributed by atoms with Crippen molar-refractivity contribution in [2.75, 3.05) is 13.1 Å². The highest BCUT2D eigenvalue weighted by atomic mass is 16.5. The molecule has 1 amide bonds. The zero-order valence-electron chi connectivity index (χ0n) is 21.4. The van der Waals surface area contributed by atoms with Gasteiger partial charge < -0.3 is 14.7 Å². The minimum absolute atomic E-state index is 0.0294. The third-order valence-electron chi connectivity index (χ3n) is 6.67. The molecule has 1 N–H and O–H groups in total. The summed E-state index contributed by atoms with van der Waals surface area (Å²) in [5, 5.41) is 11.5. The van der Waals surface area contributed by atoms with E-state index in [2.05, 4.69) is 9.97 Å². The zero-order valence-corrected chi connectivity index (χ0v) is 21.4.